The molecule has 0 aliphatic carbocycles. The van der Waals surface area contributed by atoms with Gasteiger partial charge in [-0.1, -0.05) is 15.9 Å². The average molecular weight is 301 g/mol. The Morgan fingerprint density at radius 1 is 1.47 bits per heavy atom. The van der Waals surface area contributed by atoms with Gasteiger partial charge in [0.1, 0.15) is 0 Å². The lowest BCUT2D eigenvalue weighted by Gasteiger charge is -2.25. The minimum Gasteiger partial charge on any atom is -0.396 e. The first-order valence-corrected chi connectivity index (χ1v) is 6.68. The summed E-state index contributed by atoms with van der Waals surface area (Å²) in [5, 5.41) is 12.1. The molecule has 0 heterocycles. The molecule has 1 atom stereocenters. The zero-order chi connectivity index (χ0) is 12.8. The average Bonchev–Trinajstić information content (AvgIpc) is 2.34. The Morgan fingerprint density at radius 2 is 2.18 bits per heavy atom. The number of hydrogen-bond acceptors (Lipinski definition) is 3. The fourth-order valence-electron chi connectivity index (χ4n) is 1.80. The summed E-state index contributed by atoms with van der Waals surface area (Å²) in [5.74, 6) is 0. The molecule has 0 spiro atoms. The van der Waals surface area contributed by atoms with E-state index in [1.165, 1.54) is 11.3 Å². The van der Waals surface area contributed by atoms with Crippen LogP contribution in [0.15, 0.2) is 22.7 Å². The molecule has 3 nitrogen and oxygen atoms in total. The van der Waals surface area contributed by atoms with Crippen LogP contribution in [0.25, 0.3) is 0 Å². The van der Waals surface area contributed by atoms with Crippen molar-refractivity contribution in [1.29, 1.82) is 0 Å². The van der Waals surface area contributed by atoms with Gasteiger partial charge >= 0.3 is 0 Å². The molecule has 0 aliphatic heterocycles. The Kier molecular flexibility index (Phi) is 5.95. The highest BCUT2D eigenvalue weighted by Gasteiger charge is 2.12. The summed E-state index contributed by atoms with van der Waals surface area (Å²) in [5.41, 5.74) is 2.48. The summed E-state index contributed by atoms with van der Waals surface area (Å²) < 4.78 is 1.09. The second-order valence-corrected chi connectivity index (χ2v) is 5.13. The predicted molar refractivity (Wildman–Crippen MR) is 76.6 cm³/mol. The minimum absolute atomic E-state index is 0.234. The third-order valence-corrected chi connectivity index (χ3v) is 3.45. The van der Waals surface area contributed by atoms with E-state index >= 15 is 0 Å². The molecule has 17 heavy (non-hydrogen) atoms. The van der Waals surface area contributed by atoms with Crippen molar-refractivity contribution in [3.8, 4) is 0 Å². The number of benzene rings is 1. The molecule has 0 fully saturated rings. The molecule has 2 N–H and O–H groups in total. The minimum atomic E-state index is 0.234. The van der Waals surface area contributed by atoms with Crippen LogP contribution in [-0.4, -0.2) is 32.4 Å². The van der Waals surface area contributed by atoms with Crippen molar-refractivity contribution in [3.63, 3.8) is 0 Å². The van der Waals surface area contributed by atoms with Gasteiger partial charge in [0.2, 0.25) is 0 Å². The Balaban J connectivity index is 2.96. The maximum Gasteiger partial charge on any atom is 0.0447 e. The third kappa shape index (κ3) is 3.98. The topological polar surface area (TPSA) is 35.5 Å². The van der Waals surface area contributed by atoms with E-state index in [0.717, 1.165) is 17.4 Å². The summed E-state index contributed by atoms with van der Waals surface area (Å²) in [7, 11) is 4.02. The van der Waals surface area contributed by atoms with Gasteiger partial charge in [0.15, 0.2) is 0 Å². The summed E-state index contributed by atoms with van der Waals surface area (Å²) in [6.07, 6.45) is 0.792. The highest BCUT2D eigenvalue weighted by Crippen LogP contribution is 2.28. The van der Waals surface area contributed by atoms with Crippen LogP contribution in [0.3, 0.4) is 0 Å². The van der Waals surface area contributed by atoms with Gasteiger partial charge in [-0.15, -0.1) is 0 Å². The molecule has 0 saturated carbocycles. The smallest absolute Gasteiger partial charge is 0.0447 e. The van der Waals surface area contributed by atoms with Crippen molar-refractivity contribution >= 4 is 21.6 Å². The molecule has 1 rings (SSSR count). The van der Waals surface area contributed by atoms with E-state index < -0.39 is 0 Å². The number of nitrogens with zero attached hydrogens (tertiary/aromatic N) is 1. The Morgan fingerprint density at radius 3 is 2.76 bits per heavy atom. The lowest BCUT2D eigenvalue weighted by atomic mass is 10.1. The number of nitrogens with one attached hydrogen (secondary N) is 1. The van der Waals surface area contributed by atoms with Crippen molar-refractivity contribution in [3.05, 3.63) is 28.2 Å². The lowest BCUT2D eigenvalue weighted by Crippen LogP contribution is -2.23. The highest BCUT2D eigenvalue weighted by molar-refractivity contribution is 9.10. The van der Waals surface area contributed by atoms with Crippen LogP contribution < -0.4 is 10.2 Å². The van der Waals surface area contributed by atoms with Crippen LogP contribution in [0.1, 0.15) is 24.9 Å². The molecular formula is C13H21BrN2O. The van der Waals surface area contributed by atoms with E-state index in [1.54, 1.807) is 0 Å². The maximum absolute atomic E-state index is 8.88. The van der Waals surface area contributed by atoms with Gasteiger partial charge in [-0.3, -0.25) is 0 Å². The van der Waals surface area contributed by atoms with Crippen molar-refractivity contribution in [2.24, 2.45) is 0 Å². The van der Waals surface area contributed by atoms with Crippen LogP contribution in [0.5, 0.6) is 0 Å². The summed E-state index contributed by atoms with van der Waals surface area (Å²) in [4.78, 5) is 2.19. The Bertz CT molecular complexity index is 357. The van der Waals surface area contributed by atoms with Gasteiger partial charge in [-0.2, -0.15) is 0 Å². The molecule has 1 unspecified atom stereocenters. The van der Waals surface area contributed by atoms with Crippen LogP contribution in [-0.2, 0) is 0 Å². The zero-order valence-electron chi connectivity index (χ0n) is 10.7. The van der Waals surface area contributed by atoms with Crippen LogP contribution >= 0.6 is 15.9 Å². The van der Waals surface area contributed by atoms with E-state index in [-0.39, 0.29) is 6.61 Å². The second kappa shape index (κ2) is 6.99. The largest absolute Gasteiger partial charge is 0.396 e. The maximum atomic E-state index is 8.88. The predicted octanol–water partition coefficient (Wildman–Crippen LogP) is 2.55. The molecule has 1 aromatic rings. The fraction of sp³-hybridized carbons (Fsp3) is 0.538. The SMILES string of the molecule is CNC(C)c1cc(Br)ccc1N(C)CCCO. The van der Waals surface area contributed by atoms with Gasteiger partial charge in [0.05, 0.1) is 0 Å². The van der Waals surface area contributed by atoms with Crippen LogP contribution in [0.4, 0.5) is 5.69 Å². The first-order chi connectivity index (χ1) is 8.10. The molecule has 0 radical (unpaired) electrons. The third-order valence-electron chi connectivity index (χ3n) is 2.95. The fourth-order valence-corrected chi connectivity index (χ4v) is 2.18. The van der Waals surface area contributed by atoms with Gasteiger partial charge in [0, 0.05) is 36.4 Å². The molecule has 0 bridgehead atoms. The van der Waals surface area contributed by atoms with E-state index in [1.807, 2.05) is 7.05 Å². The number of hydrogen-bond donors (Lipinski definition) is 2. The number of halogens is 1. The summed E-state index contributed by atoms with van der Waals surface area (Å²) in [6.45, 7) is 3.24. The standard InChI is InChI=1S/C13H21BrN2O/c1-10(15-2)12-9-11(14)5-6-13(12)16(3)7-4-8-17/h5-6,9-10,15,17H,4,7-8H2,1-3H3. The normalized spacial score (nSPS) is 12.5. The van der Waals surface area contributed by atoms with Gasteiger partial charge in [-0.25, -0.2) is 0 Å². The Labute approximate surface area is 112 Å². The first kappa shape index (κ1) is 14.5. The molecular weight excluding hydrogens is 280 g/mol. The van der Waals surface area contributed by atoms with Crippen LogP contribution in [0, 0.1) is 0 Å². The van der Waals surface area contributed by atoms with Crippen molar-refractivity contribution < 1.29 is 5.11 Å². The lowest BCUT2D eigenvalue weighted by molar-refractivity contribution is 0.290. The highest BCUT2D eigenvalue weighted by atomic mass is 79.9. The quantitative estimate of drug-likeness (QED) is 0.847. The first-order valence-electron chi connectivity index (χ1n) is 5.88. The van der Waals surface area contributed by atoms with E-state index in [4.69, 9.17) is 5.11 Å². The molecule has 96 valence electrons. The van der Waals surface area contributed by atoms with Gasteiger partial charge < -0.3 is 15.3 Å². The van der Waals surface area contributed by atoms with Gasteiger partial charge in [-0.05, 0) is 44.2 Å². The summed E-state index contributed by atoms with van der Waals surface area (Å²) in [6, 6.07) is 6.62. The monoisotopic (exact) mass is 300 g/mol. The molecule has 0 saturated heterocycles. The van der Waals surface area contributed by atoms with Crippen molar-refractivity contribution in [2.45, 2.75) is 19.4 Å². The number of anilines is 1. The van der Waals surface area contributed by atoms with Crippen LogP contribution in [0.2, 0.25) is 0 Å². The number of aliphatic hydroxyl groups excluding tert-OH is 1. The molecule has 0 aromatic heterocycles. The second-order valence-electron chi connectivity index (χ2n) is 4.21. The molecule has 0 aliphatic rings. The van der Waals surface area contributed by atoms with Gasteiger partial charge in [0.25, 0.3) is 0 Å². The zero-order valence-corrected chi connectivity index (χ0v) is 12.3. The number of aliphatic hydroxyl groups is 1. The molecule has 1 aromatic carbocycles. The van der Waals surface area contributed by atoms with E-state index in [2.05, 4.69) is 58.3 Å². The molecule has 0 amide bonds. The number of rotatable bonds is 6. The van der Waals surface area contributed by atoms with Crippen molar-refractivity contribution in [2.75, 3.05) is 32.1 Å². The Hall–Kier alpha value is -0.580. The van der Waals surface area contributed by atoms with E-state index in [9.17, 15) is 0 Å². The summed E-state index contributed by atoms with van der Waals surface area (Å²) >= 11 is 3.51. The van der Waals surface area contributed by atoms with Crippen molar-refractivity contribution in [1.82, 2.24) is 5.32 Å². The van der Waals surface area contributed by atoms with E-state index in [0.29, 0.717) is 6.04 Å². The molecule has 4 heteroatoms.